The molecule has 1 saturated heterocycles. The number of aliphatic carboxylic acids is 1. The van der Waals surface area contributed by atoms with Crippen LogP contribution in [0.1, 0.15) is 39.5 Å². The van der Waals surface area contributed by atoms with Crippen molar-refractivity contribution in [3.63, 3.8) is 0 Å². The van der Waals surface area contributed by atoms with E-state index in [2.05, 4.69) is 11.2 Å². The first-order valence-corrected chi connectivity index (χ1v) is 6.71. The van der Waals surface area contributed by atoms with Gasteiger partial charge in [-0.25, -0.2) is 0 Å². The van der Waals surface area contributed by atoms with Gasteiger partial charge in [-0.1, -0.05) is 19.3 Å². The number of carbonyl (C=O) groups excluding carboxylic acids is 1. The predicted molar refractivity (Wildman–Crippen MR) is 72.5 cm³/mol. The van der Waals surface area contributed by atoms with Crippen molar-refractivity contribution in [1.29, 1.82) is 0 Å². The van der Waals surface area contributed by atoms with Crippen LogP contribution in [0.2, 0.25) is 0 Å². The van der Waals surface area contributed by atoms with E-state index in [1.165, 1.54) is 0 Å². The Morgan fingerprint density at radius 1 is 1.58 bits per heavy atom. The molecule has 0 radical (unpaired) electrons. The number of rotatable bonds is 6. The van der Waals surface area contributed by atoms with Crippen molar-refractivity contribution in [2.24, 2.45) is 0 Å². The molecule has 1 amide bonds. The van der Waals surface area contributed by atoms with E-state index in [9.17, 15) is 14.7 Å². The molecule has 2 N–H and O–H groups in total. The van der Waals surface area contributed by atoms with Crippen LogP contribution < -0.4 is 5.32 Å². The third kappa shape index (κ3) is 3.07. The van der Waals surface area contributed by atoms with Crippen molar-refractivity contribution in [1.82, 2.24) is 10.2 Å². The maximum atomic E-state index is 12.0. The summed E-state index contributed by atoms with van der Waals surface area (Å²) >= 11 is 0. The summed E-state index contributed by atoms with van der Waals surface area (Å²) in [5.74, 6) is 1.31. The van der Waals surface area contributed by atoms with E-state index >= 15 is 0 Å². The quantitative estimate of drug-likeness (QED) is 0.699. The van der Waals surface area contributed by atoms with Crippen LogP contribution in [-0.4, -0.2) is 46.6 Å². The van der Waals surface area contributed by atoms with Gasteiger partial charge in [0.1, 0.15) is 5.54 Å². The first kappa shape index (κ1) is 15.5. The molecule has 5 heteroatoms. The Morgan fingerprint density at radius 2 is 2.26 bits per heavy atom. The Kier molecular flexibility index (Phi) is 5.37. The third-order valence-corrected chi connectivity index (χ3v) is 3.81. The lowest BCUT2D eigenvalue weighted by Crippen LogP contribution is -2.57. The Bertz CT molecular complexity index is 389. The molecular formula is C14H22N2O3. The summed E-state index contributed by atoms with van der Waals surface area (Å²) in [5.41, 5.74) is -0.901. The van der Waals surface area contributed by atoms with E-state index in [1.807, 2.05) is 11.8 Å². The number of nitrogens with one attached hydrogen (secondary N) is 1. The number of carbonyl (C=O) groups is 2. The van der Waals surface area contributed by atoms with Crippen LogP contribution in [0.3, 0.4) is 0 Å². The molecule has 1 heterocycles. The summed E-state index contributed by atoms with van der Waals surface area (Å²) in [6, 6.07) is -0.474. The highest BCUT2D eigenvalue weighted by molar-refractivity contribution is 5.84. The SMILES string of the molecule is C#CCNC(=O)C(C)N1CCCC1(CCC)C(=O)O. The van der Waals surface area contributed by atoms with E-state index < -0.39 is 17.6 Å². The van der Waals surface area contributed by atoms with Crippen LogP contribution in [0.15, 0.2) is 0 Å². The lowest BCUT2D eigenvalue weighted by Gasteiger charge is -2.38. The van der Waals surface area contributed by atoms with Crippen LogP contribution in [0.4, 0.5) is 0 Å². The summed E-state index contributed by atoms with van der Waals surface area (Å²) in [4.78, 5) is 25.4. The molecule has 2 atom stereocenters. The molecule has 0 aromatic heterocycles. The number of terminal acetylenes is 1. The zero-order chi connectivity index (χ0) is 14.5. The molecule has 0 aromatic carbocycles. The Morgan fingerprint density at radius 3 is 2.79 bits per heavy atom. The highest BCUT2D eigenvalue weighted by atomic mass is 16.4. The van der Waals surface area contributed by atoms with E-state index in [4.69, 9.17) is 6.42 Å². The first-order valence-electron chi connectivity index (χ1n) is 6.71. The number of carboxylic acids is 1. The van der Waals surface area contributed by atoms with Crippen LogP contribution in [-0.2, 0) is 9.59 Å². The monoisotopic (exact) mass is 266 g/mol. The number of likely N-dealkylation sites (tertiary alicyclic amines) is 1. The van der Waals surface area contributed by atoms with Gasteiger partial charge in [-0.2, -0.15) is 0 Å². The normalized spacial score (nSPS) is 24.7. The highest BCUT2D eigenvalue weighted by Crippen LogP contribution is 2.35. The van der Waals surface area contributed by atoms with Crippen molar-refractivity contribution >= 4 is 11.9 Å². The molecule has 0 aliphatic carbocycles. The average Bonchev–Trinajstić information content (AvgIpc) is 2.80. The number of hydrogen-bond acceptors (Lipinski definition) is 3. The molecule has 19 heavy (non-hydrogen) atoms. The average molecular weight is 266 g/mol. The second kappa shape index (κ2) is 6.58. The molecule has 2 unspecified atom stereocenters. The number of carboxylic acid groups (broad SMARTS) is 1. The molecule has 1 rings (SSSR count). The van der Waals surface area contributed by atoms with Gasteiger partial charge in [-0.15, -0.1) is 6.42 Å². The first-order chi connectivity index (χ1) is 8.99. The lowest BCUT2D eigenvalue weighted by atomic mass is 9.89. The standard InChI is InChI=1S/C14H22N2O3/c1-4-7-14(13(18)19)8-6-10-16(14)11(3)12(17)15-9-5-2/h2,11H,4,6-10H2,1,3H3,(H,15,17)(H,18,19). The van der Waals surface area contributed by atoms with Gasteiger partial charge in [0.2, 0.25) is 5.91 Å². The zero-order valence-electron chi connectivity index (χ0n) is 11.6. The molecule has 0 aromatic rings. The molecule has 0 spiro atoms. The van der Waals surface area contributed by atoms with Crippen molar-refractivity contribution in [2.45, 2.75) is 51.1 Å². The Hall–Kier alpha value is -1.54. The molecule has 0 bridgehead atoms. The zero-order valence-corrected chi connectivity index (χ0v) is 11.6. The summed E-state index contributed by atoms with van der Waals surface area (Å²) in [5, 5.41) is 12.2. The van der Waals surface area contributed by atoms with Gasteiger partial charge in [0.05, 0.1) is 12.6 Å². The fourth-order valence-electron chi connectivity index (χ4n) is 2.91. The highest BCUT2D eigenvalue weighted by Gasteiger charge is 2.49. The Labute approximate surface area is 114 Å². The van der Waals surface area contributed by atoms with Gasteiger partial charge in [-0.3, -0.25) is 14.5 Å². The fraction of sp³-hybridized carbons (Fsp3) is 0.714. The largest absolute Gasteiger partial charge is 0.480 e. The molecule has 0 saturated carbocycles. The minimum Gasteiger partial charge on any atom is -0.480 e. The van der Waals surface area contributed by atoms with Gasteiger partial charge in [0, 0.05) is 6.54 Å². The van der Waals surface area contributed by atoms with Crippen LogP contribution in [0.25, 0.3) is 0 Å². The predicted octanol–water partition coefficient (Wildman–Crippen LogP) is 0.844. The maximum Gasteiger partial charge on any atom is 0.324 e. The number of nitrogens with zero attached hydrogens (tertiary/aromatic N) is 1. The fourth-order valence-corrected chi connectivity index (χ4v) is 2.91. The topological polar surface area (TPSA) is 69.6 Å². The molecule has 106 valence electrons. The van der Waals surface area contributed by atoms with Gasteiger partial charge in [0.15, 0.2) is 0 Å². The van der Waals surface area contributed by atoms with E-state index in [0.29, 0.717) is 19.4 Å². The molecule has 1 aliphatic heterocycles. The molecule has 5 nitrogen and oxygen atoms in total. The summed E-state index contributed by atoms with van der Waals surface area (Å²) in [6.07, 6.45) is 7.86. The second-order valence-electron chi connectivity index (χ2n) is 4.98. The molecule has 1 aliphatic rings. The van der Waals surface area contributed by atoms with E-state index in [0.717, 1.165) is 12.8 Å². The van der Waals surface area contributed by atoms with Gasteiger partial charge in [-0.05, 0) is 26.2 Å². The Balaban J connectivity index is 2.87. The van der Waals surface area contributed by atoms with Crippen LogP contribution in [0.5, 0.6) is 0 Å². The maximum absolute atomic E-state index is 12.0. The second-order valence-corrected chi connectivity index (χ2v) is 4.98. The lowest BCUT2D eigenvalue weighted by molar-refractivity contribution is -0.153. The summed E-state index contributed by atoms with van der Waals surface area (Å²) in [6.45, 7) is 4.51. The third-order valence-electron chi connectivity index (χ3n) is 3.81. The van der Waals surface area contributed by atoms with E-state index in [-0.39, 0.29) is 12.5 Å². The van der Waals surface area contributed by atoms with E-state index in [1.54, 1.807) is 6.92 Å². The van der Waals surface area contributed by atoms with Crippen molar-refractivity contribution < 1.29 is 14.7 Å². The minimum absolute atomic E-state index is 0.171. The molecule has 1 fully saturated rings. The van der Waals surface area contributed by atoms with Gasteiger partial charge >= 0.3 is 5.97 Å². The minimum atomic E-state index is -0.901. The van der Waals surface area contributed by atoms with Gasteiger partial charge < -0.3 is 10.4 Å². The smallest absolute Gasteiger partial charge is 0.324 e. The summed E-state index contributed by atoms with van der Waals surface area (Å²) in [7, 11) is 0. The number of hydrogen-bond donors (Lipinski definition) is 2. The molecular weight excluding hydrogens is 244 g/mol. The van der Waals surface area contributed by atoms with Crippen molar-refractivity contribution in [3.05, 3.63) is 0 Å². The number of amides is 1. The van der Waals surface area contributed by atoms with Gasteiger partial charge in [0.25, 0.3) is 0 Å². The van der Waals surface area contributed by atoms with Crippen LogP contribution >= 0.6 is 0 Å². The van der Waals surface area contributed by atoms with Crippen LogP contribution in [0, 0.1) is 12.3 Å². The van der Waals surface area contributed by atoms with Crippen molar-refractivity contribution in [2.75, 3.05) is 13.1 Å². The van der Waals surface area contributed by atoms with Crippen molar-refractivity contribution in [3.8, 4) is 12.3 Å². The summed E-state index contributed by atoms with van der Waals surface area (Å²) < 4.78 is 0.